The number of fused-ring (bicyclic) bond motifs is 1. The van der Waals surface area contributed by atoms with Crippen LogP contribution in [0.1, 0.15) is 49.6 Å². The number of nitrogens with zero attached hydrogens (tertiary/aromatic N) is 3. The van der Waals surface area contributed by atoms with Crippen molar-refractivity contribution in [2.24, 2.45) is 0 Å². The number of rotatable bonds is 6. The number of halogens is 4. The summed E-state index contributed by atoms with van der Waals surface area (Å²) in [7, 11) is 0. The van der Waals surface area contributed by atoms with E-state index in [1.54, 1.807) is 0 Å². The summed E-state index contributed by atoms with van der Waals surface area (Å²) in [6.07, 6.45) is 2.72. The molecule has 0 fully saturated rings. The maximum absolute atomic E-state index is 14.7. The van der Waals surface area contributed by atoms with Gasteiger partial charge in [-0.1, -0.05) is 6.07 Å². The highest BCUT2D eigenvalue weighted by atomic mass is 19.1. The van der Waals surface area contributed by atoms with Gasteiger partial charge in [0, 0.05) is 29.2 Å². The van der Waals surface area contributed by atoms with E-state index in [1.807, 2.05) is 0 Å². The lowest BCUT2D eigenvalue weighted by atomic mass is 9.89. The fourth-order valence-electron chi connectivity index (χ4n) is 4.75. The van der Waals surface area contributed by atoms with Gasteiger partial charge in [-0.3, -0.25) is 9.89 Å². The quantitative estimate of drug-likeness (QED) is 0.225. The van der Waals surface area contributed by atoms with Crippen molar-refractivity contribution in [3.8, 4) is 22.6 Å². The molecule has 13 heteroatoms. The standard InChI is InChI=1S/C29H17F4N5O4/c30-15-4-1-13(2-5-15)28-38-36-23(42-28)10-9-21-24(14-3-6-16(29(40)41)20(33)11-14)26(37-35-21)22-12-17-18(31)7-8-19(32)25(17)27(39)34-22/h1-11,22H,12H2,(H,34,39)(H,35,37)(H,40,41)/b10-9+. The van der Waals surface area contributed by atoms with E-state index < -0.39 is 52.3 Å². The van der Waals surface area contributed by atoms with Crippen molar-refractivity contribution in [2.75, 3.05) is 0 Å². The highest BCUT2D eigenvalue weighted by Crippen LogP contribution is 2.36. The summed E-state index contributed by atoms with van der Waals surface area (Å²) in [4.78, 5) is 24.1. The summed E-state index contributed by atoms with van der Waals surface area (Å²) in [5.74, 6) is -5.22. The number of carbonyl (C=O) groups is 2. The Kier molecular flexibility index (Phi) is 6.61. The molecule has 2 aromatic heterocycles. The molecule has 9 nitrogen and oxygen atoms in total. The molecule has 0 saturated carbocycles. The Morgan fingerprint density at radius 3 is 2.38 bits per heavy atom. The molecule has 6 rings (SSSR count). The van der Waals surface area contributed by atoms with Crippen LogP contribution < -0.4 is 5.32 Å². The molecule has 5 aromatic rings. The predicted molar refractivity (Wildman–Crippen MR) is 140 cm³/mol. The van der Waals surface area contributed by atoms with Gasteiger partial charge in [0.05, 0.1) is 28.6 Å². The third-order valence-electron chi connectivity index (χ3n) is 6.72. The van der Waals surface area contributed by atoms with Crippen molar-refractivity contribution < 1.29 is 36.7 Å². The summed E-state index contributed by atoms with van der Waals surface area (Å²) in [6.45, 7) is 0. The number of carboxylic acid groups (broad SMARTS) is 1. The van der Waals surface area contributed by atoms with Crippen LogP contribution in [0, 0.1) is 23.3 Å². The zero-order valence-electron chi connectivity index (χ0n) is 21.2. The third-order valence-corrected chi connectivity index (χ3v) is 6.72. The maximum Gasteiger partial charge on any atom is 0.338 e. The van der Waals surface area contributed by atoms with Crippen molar-refractivity contribution in [1.29, 1.82) is 0 Å². The van der Waals surface area contributed by atoms with Crippen LogP contribution >= 0.6 is 0 Å². The average Bonchev–Trinajstić information content (AvgIpc) is 3.61. The first-order valence-corrected chi connectivity index (χ1v) is 12.4. The fraction of sp³-hybridized carbons (Fsp3) is 0.0690. The van der Waals surface area contributed by atoms with Gasteiger partial charge in [-0.2, -0.15) is 5.10 Å². The number of carboxylic acids is 1. The van der Waals surface area contributed by atoms with Gasteiger partial charge in [-0.25, -0.2) is 22.4 Å². The highest BCUT2D eigenvalue weighted by Gasteiger charge is 2.33. The molecule has 0 aliphatic carbocycles. The molecule has 3 heterocycles. The zero-order chi connectivity index (χ0) is 29.5. The number of carbonyl (C=O) groups excluding carboxylic acids is 1. The number of benzene rings is 3. The zero-order valence-corrected chi connectivity index (χ0v) is 21.2. The van der Waals surface area contributed by atoms with Crippen molar-refractivity contribution in [3.05, 3.63) is 112 Å². The Hall–Kier alpha value is -5.59. The van der Waals surface area contributed by atoms with Crippen molar-refractivity contribution in [1.82, 2.24) is 25.7 Å². The second-order valence-electron chi connectivity index (χ2n) is 9.30. The molecule has 0 saturated heterocycles. The van der Waals surface area contributed by atoms with Gasteiger partial charge in [0.2, 0.25) is 11.8 Å². The number of amides is 1. The molecular weight excluding hydrogens is 558 g/mol. The lowest BCUT2D eigenvalue weighted by Crippen LogP contribution is -2.37. The number of hydrogen-bond donors (Lipinski definition) is 3. The Morgan fingerprint density at radius 1 is 0.905 bits per heavy atom. The van der Waals surface area contributed by atoms with Gasteiger partial charge in [-0.15, -0.1) is 10.2 Å². The second-order valence-corrected chi connectivity index (χ2v) is 9.30. The van der Waals surface area contributed by atoms with E-state index >= 15 is 0 Å². The lowest BCUT2D eigenvalue weighted by molar-refractivity contribution is 0.0691. The Labute approximate surface area is 233 Å². The number of hydrogen-bond acceptors (Lipinski definition) is 6. The maximum atomic E-state index is 14.7. The SMILES string of the molecule is O=C(O)c1ccc(-c2c(/C=C/c3nnc(-c4ccc(F)cc4)o3)n[nH]c2C2Cc3c(F)ccc(F)c3C(=O)N2)cc1F. The second kappa shape index (κ2) is 10.4. The van der Waals surface area contributed by atoms with E-state index in [-0.39, 0.29) is 46.3 Å². The summed E-state index contributed by atoms with van der Waals surface area (Å²) in [6, 6.07) is 9.71. The molecule has 1 aliphatic heterocycles. The largest absolute Gasteiger partial charge is 0.478 e. The van der Waals surface area contributed by atoms with E-state index in [9.17, 15) is 32.3 Å². The van der Waals surface area contributed by atoms with Crippen molar-refractivity contribution >= 4 is 24.0 Å². The summed E-state index contributed by atoms with van der Waals surface area (Å²) < 4.78 is 62.6. The van der Waals surface area contributed by atoms with Crippen LogP contribution in [0.25, 0.3) is 34.7 Å². The fourth-order valence-corrected chi connectivity index (χ4v) is 4.75. The molecule has 3 N–H and O–H groups in total. The predicted octanol–water partition coefficient (Wildman–Crippen LogP) is 5.58. The van der Waals surface area contributed by atoms with Gasteiger partial charge in [-0.05, 0) is 60.2 Å². The molecule has 1 amide bonds. The van der Waals surface area contributed by atoms with E-state index in [0.717, 1.165) is 24.3 Å². The monoisotopic (exact) mass is 575 g/mol. The molecular formula is C29H17F4N5O4. The molecule has 210 valence electrons. The first-order chi connectivity index (χ1) is 20.2. The minimum atomic E-state index is -1.46. The smallest absolute Gasteiger partial charge is 0.338 e. The number of H-pyrrole nitrogens is 1. The van der Waals surface area contributed by atoms with Gasteiger partial charge in [0.15, 0.2) is 0 Å². The molecule has 0 spiro atoms. The normalized spacial score (nSPS) is 14.7. The molecule has 1 unspecified atom stereocenters. The number of aromatic amines is 1. The first kappa shape index (κ1) is 26.6. The van der Waals surface area contributed by atoms with Crippen LogP contribution in [-0.2, 0) is 6.42 Å². The first-order valence-electron chi connectivity index (χ1n) is 12.4. The van der Waals surface area contributed by atoms with Crippen LogP contribution in [0.5, 0.6) is 0 Å². The molecule has 0 radical (unpaired) electrons. The minimum Gasteiger partial charge on any atom is -0.478 e. The number of aromatic carboxylic acids is 1. The summed E-state index contributed by atoms with van der Waals surface area (Å²) in [5.41, 5.74) is 0.274. The Morgan fingerprint density at radius 2 is 1.64 bits per heavy atom. The third kappa shape index (κ3) is 4.80. The van der Waals surface area contributed by atoms with E-state index in [2.05, 4.69) is 25.7 Å². The van der Waals surface area contributed by atoms with Crippen LogP contribution in [-0.4, -0.2) is 37.4 Å². The molecule has 1 atom stereocenters. The van der Waals surface area contributed by atoms with Gasteiger partial charge >= 0.3 is 5.97 Å². The van der Waals surface area contributed by atoms with Crippen LogP contribution in [0.2, 0.25) is 0 Å². The Balaban J connectivity index is 1.41. The molecule has 0 bridgehead atoms. The number of nitrogens with one attached hydrogen (secondary N) is 2. The molecule has 3 aromatic carbocycles. The summed E-state index contributed by atoms with van der Waals surface area (Å²) >= 11 is 0. The topological polar surface area (TPSA) is 134 Å². The Bertz CT molecular complexity index is 1900. The van der Waals surface area contributed by atoms with Crippen molar-refractivity contribution in [2.45, 2.75) is 12.5 Å². The average molecular weight is 575 g/mol. The van der Waals surface area contributed by atoms with Gasteiger partial charge in [0.1, 0.15) is 23.3 Å². The van der Waals surface area contributed by atoms with Crippen LogP contribution in [0.4, 0.5) is 17.6 Å². The van der Waals surface area contributed by atoms with E-state index in [0.29, 0.717) is 5.56 Å². The van der Waals surface area contributed by atoms with Crippen LogP contribution in [0.15, 0.2) is 59.0 Å². The lowest BCUT2D eigenvalue weighted by Gasteiger charge is -2.26. The number of aromatic nitrogens is 4. The van der Waals surface area contributed by atoms with Gasteiger partial charge in [0.25, 0.3) is 5.91 Å². The summed E-state index contributed by atoms with van der Waals surface area (Å²) in [5, 5.41) is 26.8. The van der Waals surface area contributed by atoms with E-state index in [1.165, 1.54) is 42.5 Å². The van der Waals surface area contributed by atoms with Crippen molar-refractivity contribution in [3.63, 3.8) is 0 Å². The molecule has 42 heavy (non-hydrogen) atoms. The highest BCUT2D eigenvalue weighted by molar-refractivity contribution is 5.98. The molecule has 1 aliphatic rings. The minimum absolute atomic E-state index is 0.0506. The van der Waals surface area contributed by atoms with E-state index in [4.69, 9.17) is 4.42 Å². The van der Waals surface area contributed by atoms with Gasteiger partial charge < -0.3 is 14.8 Å². The van der Waals surface area contributed by atoms with Crippen LogP contribution in [0.3, 0.4) is 0 Å².